The van der Waals surface area contributed by atoms with Gasteiger partial charge in [0.15, 0.2) is 0 Å². The van der Waals surface area contributed by atoms with Crippen LogP contribution in [0.5, 0.6) is 0 Å². The third-order valence-electron chi connectivity index (χ3n) is 3.61. The summed E-state index contributed by atoms with van der Waals surface area (Å²) < 4.78 is 2.24. The first kappa shape index (κ1) is 12.5. The molecular weight excluding hydrogens is 244 g/mol. The van der Waals surface area contributed by atoms with Crippen LogP contribution in [0.2, 0.25) is 0 Å². The van der Waals surface area contributed by atoms with Crippen molar-refractivity contribution in [1.82, 2.24) is 4.57 Å². The average molecular weight is 260 g/mol. The van der Waals surface area contributed by atoms with Crippen LogP contribution in [0.1, 0.15) is 12.0 Å². The molecule has 2 heteroatoms. The van der Waals surface area contributed by atoms with Crippen LogP contribution in [0.25, 0.3) is 22.2 Å². The van der Waals surface area contributed by atoms with E-state index in [0.717, 1.165) is 6.54 Å². The molecular formula is C18H16N2. The Kier molecular flexibility index (Phi) is 3.26. The summed E-state index contributed by atoms with van der Waals surface area (Å²) in [5, 5.41) is 10.1. The Morgan fingerprint density at radius 3 is 2.55 bits per heavy atom. The molecule has 3 aromatic rings. The van der Waals surface area contributed by atoms with Crippen molar-refractivity contribution < 1.29 is 0 Å². The monoisotopic (exact) mass is 260 g/mol. The Morgan fingerprint density at radius 2 is 1.80 bits per heavy atom. The average Bonchev–Trinajstić information content (AvgIpc) is 2.84. The second-order valence-electron chi connectivity index (χ2n) is 5.01. The number of hydrogen-bond acceptors (Lipinski definition) is 1. The Labute approximate surface area is 118 Å². The topological polar surface area (TPSA) is 28.7 Å². The van der Waals surface area contributed by atoms with Gasteiger partial charge in [-0.3, -0.25) is 0 Å². The summed E-state index contributed by atoms with van der Waals surface area (Å²) in [6, 6.07) is 21.3. The number of aromatic nitrogens is 1. The Hall–Kier alpha value is -2.53. The van der Waals surface area contributed by atoms with E-state index >= 15 is 0 Å². The number of nitriles is 1. The van der Waals surface area contributed by atoms with E-state index in [1.807, 2.05) is 6.07 Å². The third-order valence-corrected chi connectivity index (χ3v) is 3.61. The predicted octanol–water partition coefficient (Wildman–Crippen LogP) is 4.53. The number of aryl methyl sites for hydroxylation is 2. The molecule has 2 aromatic carbocycles. The molecule has 0 amide bonds. The van der Waals surface area contributed by atoms with Crippen molar-refractivity contribution in [1.29, 1.82) is 5.26 Å². The zero-order valence-corrected chi connectivity index (χ0v) is 11.5. The minimum Gasteiger partial charge on any atom is -0.339 e. The maximum absolute atomic E-state index is 8.87. The van der Waals surface area contributed by atoms with E-state index in [4.69, 9.17) is 5.26 Å². The van der Waals surface area contributed by atoms with Crippen LogP contribution in [-0.4, -0.2) is 4.57 Å². The number of hydrogen-bond donors (Lipinski definition) is 0. The summed E-state index contributed by atoms with van der Waals surface area (Å²) >= 11 is 0. The number of nitrogens with zero attached hydrogens (tertiary/aromatic N) is 2. The van der Waals surface area contributed by atoms with E-state index in [0.29, 0.717) is 6.42 Å². The van der Waals surface area contributed by atoms with Gasteiger partial charge in [-0.1, -0.05) is 48.0 Å². The molecule has 0 aliphatic carbocycles. The second-order valence-corrected chi connectivity index (χ2v) is 5.01. The van der Waals surface area contributed by atoms with Crippen molar-refractivity contribution in [2.24, 2.45) is 0 Å². The van der Waals surface area contributed by atoms with Crippen molar-refractivity contribution in [3.05, 3.63) is 60.2 Å². The number of para-hydroxylation sites is 1. The molecule has 0 unspecified atom stereocenters. The fourth-order valence-corrected chi connectivity index (χ4v) is 2.58. The molecule has 0 atom stereocenters. The van der Waals surface area contributed by atoms with Crippen LogP contribution in [0.4, 0.5) is 0 Å². The minimum absolute atomic E-state index is 0.525. The Morgan fingerprint density at radius 1 is 1.05 bits per heavy atom. The number of fused-ring (bicyclic) bond motifs is 1. The van der Waals surface area contributed by atoms with Crippen LogP contribution in [0, 0.1) is 18.3 Å². The Balaban J connectivity index is 2.18. The highest BCUT2D eigenvalue weighted by molar-refractivity contribution is 5.87. The first-order chi connectivity index (χ1) is 9.79. The van der Waals surface area contributed by atoms with Gasteiger partial charge in [0.1, 0.15) is 0 Å². The fourth-order valence-electron chi connectivity index (χ4n) is 2.58. The van der Waals surface area contributed by atoms with Gasteiger partial charge < -0.3 is 4.57 Å². The molecule has 0 aliphatic rings. The van der Waals surface area contributed by atoms with Gasteiger partial charge in [0.25, 0.3) is 0 Å². The predicted molar refractivity (Wildman–Crippen MR) is 82.3 cm³/mol. The van der Waals surface area contributed by atoms with Gasteiger partial charge in [-0.25, -0.2) is 0 Å². The number of rotatable bonds is 3. The molecule has 2 nitrogen and oxygen atoms in total. The van der Waals surface area contributed by atoms with Crippen LogP contribution in [-0.2, 0) is 6.54 Å². The van der Waals surface area contributed by atoms with Gasteiger partial charge >= 0.3 is 0 Å². The van der Waals surface area contributed by atoms with Crippen molar-refractivity contribution in [2.45, 2.75) is 19.9 Å². The van der Waals surface area contributed by atoms with Crippen molar-refractivity contribution >= 4 is 10.9 Å². The third kappa shape index (κ3) is 2.19. The van der Waals surface area contributed by atoms with E-state index in [9.17, 15) is 0 Å². The van der Waals surface area contributed by atoms with Gasteiger partial charge in [-0.2, -0.15) is 5.26 Å². The van der Waals surface area contributed by atoms with E-state index in [1.165, 1.54) is 27.7 Å². The highest BCUT2D eigenvalue weighted by Gasteiger charge is 2.09. The molecule has 98 valence electrons. The molecule has 0 spiro atoms. The summed E-state index contributed by atoms with van der Waals surface area (Å²) in [4.78, 5) is 0. The molecule has 0 radical (unpaired) electrons. The smallest absolute Gasteiger partial charge is 0.0640 e. The van der Waals surface area contributed by atoms with E-state index in [-0.39, 0.29) is 0 Å². The molecule has 0 fully saturated rings. The molecule has 0 aliphatic heterocycles. The molecule has 3 rings (SSSR count). The van der Waals surface area contributed by atoms with Crippen LogP contribution < -0.4 is 0 Å². The van der Waals surface area contributed by atoms with Crippen LogP contribution in [0.15, 0.2) is 54.6 Å². The first-order valence-corrected chi connectivity index (χ1v) is 6.82. The van der Waals surface area contributed by atoms with Gasteiger partial charge in [0.05, 0.1) is 12.5 Å². The molecule has 0 bridgehead atoms. The fraction of sp³-hybridized carbons (Fsp3) is 0.167. The maximum Gasteiger partial charge on any atom is 0.0640 e. The zero-order chi connectivity index (χ0) is 13.9. The second kappa shape index (κ2) is 5.22. The van der Waals surface area contributed by atoms with Crippen molar-refractivity contribution in [3.8, 4) is 17.3 Å². The van der Waals surface area contributed by atoms with E-state index in [1.54, 1.807) is 0 Å². The summed E-state index contributed by atoms with van der Waals surface area (Å²) in [7, 11) is 0. The highest BCUT2D eigenvalue weighted by Crippen LogP contribution is 2.28. The largest absolute Gasteiger partial charge is 0.339 e. The van der Waals surface area contributed by atoms with Crippen LogP contribution in [0.3, 0.4) is 0 Å². The van der Waals surface area contributed by atoms with Crippen molar-refractivity contribution in [3.63, 3.8) is 0 Å². The molecule has 0 saturated carbocycles. The summed E-state index contributed by atoms with van der Waals surface area (Å²) in [6.45, 7) is 2.82. The highest BCUT2D eigenvalue weighted by atomic mass is 15.0. The van der Waals surface area contributed by atoms with Gasteiger partial charge in [-0.15, -0.1) is 0 Å². The lowest BCUT2D eigenvalue weighted by molar-refractivity contribution is 0.751. The lowest BCUT2D eigenvalue weighted by Crippen LogP contribution is -1.99. The Bertz CT molecular complexity index is 773. The zero-order valence-electron chi connectivity index (χ0n) is 11.5. The van der Waals surface area contributed by atoms with E-state index in [2.05, 4.69) is 66.1 Å². The van der Waals surface area contributed by atoms with Crippen LogP contribution >= 0.6 is 0 Å². The maximum atomic E-state index is 8.87. The normalized spacial score (nSPS) is 10.6. The summed E-state index contributed by atoms with van der Waals surface area (Å²) in [5.74, 6) is 0. The molecule has 1 heterocycles. The first-order valence-electron chi connectivity index (χ1n) is 6.82. The molecule has 0 N–H and O–H groups in total. The SMILES string of the molecule is Cc1ccc(-c2cc3ccccc3n2CCC#N)cc1. The molecule has 20 heavy (non-hydrogen) atoms. The molecule has 0 saturated heterocycles. The van der Waals surface area contributed by atoms with E-state index < -0.39 is 0 Å². The van der Waals surface area contributed by atoms with Crippen molar-refractivity contribution in [2.75, 3.05) is 0 Å². The summed E-state index contributed by atoms with van der Waals surface area (Å²) in [5.41, 5.74) is 4.83. The number of benzene rings is 2. The van der Waals surface area contributed by atoms with Gasteiger partial charge in [-0.05, 0) is 24.6 Å². The lowest BCUT2D eigenvalue weighted by Gasteiger charge is -2.09. The quantitative estimate of drug-likeness (QED) is 0.680. The van der Waals surface area contributed by atoms with Gasteiger partial charge in [0.2, 0.25) is 0 Å². The minimum atomic E-state index is 0.525. The summed E-state index contributed by atoms with van der Waals surface area (Å²) in [6.07, 6.45) is 0.525. The standard InChI is InChI=1S/C18H16N2/c1-14-7-9-15(10-8-14)18-13-16-5-2-3-6-17(16)20(18)12-4-11-19/h2-3,5-10,13H,4,12H2,1H3. The molecule has 1 aromatic heterocycles. The van der Waals surface area contributed by atoms with Gasteiger partial charge in [0, 0.05) is 23.1 Å². The lowest BCUT2D eigenvalue weighted by atomic mass is 10.1.